The number of aliphatic carboxylic acids is 1. The van der Waals surface area contributed by atoms with Crippen molar-refractivity contribution in [1.82, 2.24) is 0 Å². The van der Waals surface area contributed by atoms with Gasteiger partial charge in [-0.3, -0.25) is 4.79 Å². The second kappa shape index (κ2) is 62.4. The molecule has 3 N–H and O–H groups in total. The zero-order valence-corrected chi connectivity index (χ0v) is 53.9. The van der Waals surface area contributed by atoms with E-state index in [2.05, 4.69) is 20.8 Å². The second-order valence-electron chi connectivity index (χ2n) is 25.8. The van der Waals surface area contributed by atoms with Crippen LogP contribution in [0.3, 0.4) is 0 Å². The molecule has 0 rings (SSSR count). The Morgan fingerprint density at radius 1 is 0.250 bits per heavy atom. The molecule has 0 aliphatic rings. The summed E-state index contributed by atoms with van der Waals surface area (Å²) in [6.45, 7) is 6.92. The van der Waals surface area contributed by atoms with Crippen LogP contribution in [0.5, 0.6) is 0 Å². The lowest BCUT2D eigenvalue weighted by molar-refractivity contribution is -0.145. The number of carboxylic acids is 1. The van der Waals surface area contributed by atoms with Crippen molar-refractivity contribution >= 4 is 18.6 Å². The Kier molecular flexibility index (Phi) is 62.2. The van der Waals surface area contributed by atoms with Crippen LogP contribution in [0, 0.1) is 0 Å². The lowest BCUT2D eigenvalue weighted by Crippen LogP contribution is -2.63. The maximum Gasteiger partial charge on any atom is 0.325 e. The van der Waals surface area contributed by atoms with Gasteiger partial charge in [-0.15, -0.1) is 0 Å². The van der Waals surface area contributed by atoms with E-state index in [1.807, 2.05) is 0 Å². The van der Waals surface area contributed by atoms with Gasteiger partial charge in [0.2, 0.25) is 0 Å². The number of nitrogens with two attached hydrogens (primary N) is 1. The number of unbranched alkanes of at least 4 members (excludes halogenated alkanes) is 60. The van der Waals surface area contributed by atoms with Crippen LogP contribution < -0.4 is 5.73 Å². The number of hydrogen-bond acceptors (Lipinski definition) is 3. The highest BCUT2D eigenvalue weighted by Gasteiger charge is 2.50. The third kappa shape index (κ3) is 51.9. The fourth-order valence-electron chi connectivity index (χ4n) is 12.6. The molecule has 0 spiro atoms. The number of hydrogen-bond donors (Lipinski definition) is 3. The van der Waals surface area contributed by atoms with Crippen molar-refractivity contribution < 1.29 is 9.90 Å². The Labute approximate surface area is 486 Å². The molecule has 1 atom stereocenters. The first-order valence-corrected chi connectivity index (χ1v) is 36.6. The van der Waals surface area contributed by atoms with Crippen LogP contribution in [-0.2, 0) is 4.79 Å². The lowest BCUT2D eigenvalue weighted by atomic mass is 9.74. The number of carbonyl (C=O) groups is 1. The molecule has 0 unspecified atom stereocenters. The fraction of sp³-hybridized carbons (Fsp3) is 0.986. The van der Waals surface area contributed by atoms with Gasteiger partial charge in [0, 0.05) is 4.75 Å². The summed E-state index contributed by atoms with van der Waals surface area (Å²) < 4.78 is -0.645. The molecule has 3 nitrogen and oxygen atoms in total. The molecule has 4 heteroatoms. The quantitative estimate of drug-likeness (QED) is 0.0420. The summed E-state index contributed by atoms with van der Waals surface area (Å²) in [4.78, 5) is 13.2. The predicted octanol–water partition coefficient (Wildman–Crippen LogP) is 26.2. The molecule has 0 aromatic carbocycles. The standard InChI is InChI=1S/C72H145NO2S/c1-4-7-10-13-16-19-22-25-28-31-34-37-40-43-46-49-52-55-58-61-64-67-71(76,68-65-62-59-56-53-50-47-44-41-38-35-32-29-26-23-20-17-14-11-8-5-2)72(73,70(74)75)69-66-63-60-57-54-51-48-45-42-39-36-33-30-27-24-21-18-15-12-9-6-3/h76H,4-69,73H2,1-3H3,(H,74,75)/t72-/m1/s1. The molecule has 76 heavy (non-hydrogen) atoms. The largest absolute Gasteiger partial charge is 0.480 e. The minimum Gasteiger partial charge on any atom is -0.480 e. The van der Waals surface area contributed by atoms with Crippen molar-refractivity contribution in [3.05, 3.63) is 0 Å². The van der Waals surface area contributed by atoms with E-state index in [1.165, 1.54) is 379 Å². The molecule has 0 bridgehead atoms. The number of rotatable bonds is 68. The average Bonchev–Trinajstić information content (AvgIpc) is 3.42. The molecular formula is C72H145NO2S. The summed E-state index contributed by atoms with van der Waals surface area (Å²) in [6, 6.07) is 0. The summed E-state index contributed by atoms with van der Waals surface area (Å²) in [5.41, 5.74) is 5.85. The van der Waals surface area contributed by atoms with Crippen LogP contribution in [0.1, 0.15) is 445 Å². The molecule has 0 saturated heterocycles. The summed E-state index contributed by atoms with van der Waals surface area (Å²) in [6.07, 6.45) is 88.8. The van der Waals surface area contributed by atoms with Crippen molar-refractivity contribution in [2.75, 3.05) is 0 Å². The van der Waals surface area contributed by atoms with Gasteiger partial charge in [-0.05, 0) is 19.3 Å². The van der Waals surface area contributed by atoms with Crippen LogP contribution >= 0.6 is 12.6 Å². The van der Waals surface area contributed by atoms with Gasteiger partial charge >= 0.3 is 5.97 Å². The third-order valence-electron chi connectivity index (χ3n) is 18.3. The summed E-state index contributed by atoms with van der Waals surface area (Å²) in [5.74, 6) is -0.817. The zero-order valence-electron chi connectivity index (χ0n) is 53.0. The van der Waals surface area contributed by atoms with Crippen LogP contribution in [0.15, 0.2) is 0 Å². The maximum atomic E-state index is 13.2. The zero-order chi connectivity index (χ0) is 55.2. The van der Waals surface area contributed by atoms with Gasteiger partial charge in [0.1, 0.15) is 5.54 Å². The predicted molar refractivity (Wildman–Crippen MR) is 348 cm³/mol. The van der Waals surface area contributed by atoms with Gasteiger partial charge in [-0.1, -0.05) is 425 Å². The number of carboxylic acid groups (broad SMARTS) is 1. The highest BCUT2D eigenvalue weighted by Crippen LogP contribution is 2.41. The van der Waals surface area contributed by atoms with E-state index in [-0.39, 0.29) is 0 Å². The minimum absolute atomic E-state index is 0.559. The van der Waals surface area contributed by atoms with Gasteiger partial charge in [0.25, 0.3) is 0 Å². The van der Waals surface area contributed by atoms with E-state index in [9.17, 15) is 9.90 Å². The second-order valence-corrected chi connectivity index (χ2v) is 26.6. The highest BCUT2D eigenvalue weighted by molar-refractivity contribution is 7.82. The normalized spacial score (nSPS) is 12.8. The Morgan fingerprint density at radius 3 is 0.500 bits per heavy atom. The molecule has 456 valence electrons. The third-order valence-corrected chi connectivity index (χ3v) is 19.1. The summed E-state index contributed by atoms with van der Waals surface area (Å²) in [7, 11) is 0. The molecule has 0 heterocycles. The van der Waals surface area contributed by atoms with Crippen LogP contribution in [0.4, 0.5) is 0 Å². The molecule has 0 aromatic heterocycles. The lowest BCUT2D eigenvalue weighted by Gasteiger charge is -2.43. The first-order chi connectivity index (χ1) is 37.4. The van der Waals surface area contributed by atoms with Gasteiger partial charge < -0.3 is 10.8 Å². The monoisotopic (exact) mass is 1090 g/mol. The summed E-state index contributed by atoms with van der Waals surface area (Å²) >= 11 is 5.37. The molecule has 0 aliphatic carbocycles. The Hall–Kier alpha value is -0.220. The molecule has 0 aromatic rings. The Balaban J connectivity index is 4.49. The van der Waals surface area contributed by atoms with Gasteiger partial charge in [0.05, 0.1) is 0 Å². The topological polar surface area (TPSA) is 63.3 Å². The van der Waals surface area contributed by atoms with E-state index in [0.717, 1.165) is 38.5 Å². The van der Waals surface area contributed by atoms with E-state index in [1.54, 1.807) is 0 Å². The Bertz CT molecular complexity index is 1050. The van der Waals surface area contributed by atoms with Crippen LogP contribution in [0.2, 0.25) is 0 Å². The van der Waals surface area contributed by atoms with Crippen molar-refractivity contribution in [2.24, 2.45) is 5.73 Å². The SMILES string of the molecule is CCCCCCCCCCCCCCCCCCCCCCCC(S)(CCCCCCCCCCCCCCCCCCCCCCC)[C@@](N)(CCCCCCCCCCCCCCCCCCCCCCC)C(=O)O. The van der Waals surface area contributed by atoms with Crippen molar-refractivity contribution in [3.8, 4) is 0 Å². The smallest absolute Gasteiger partial charge is 0.325 e. The first-order valence-electron chi connectivity index (χ1n) is 36.1. The molecule has 0 saturated carbocycles. The minimum atomic E-state index is -1.26. The fourth-order valence-corrected chi connectivity index (χ4v) is 13.2. The number of thiol groups is 1. The van der Waals surface area contributed by atoms with Gasteiger partial charge in [-0.25, -0.2) is 0 Å². The van der Waals surface area contributed by atoms with Gasteiger partial charge in [-0.2, -0.15) is 12.6 Å². The van der Waals surface area contributed by atoms with E-state index >= 15 is 0 Å². The van der Waals surface area contributed by atoms with Crippen LogP contribution in [0.25, 0.3) is 0 Å². The van der Waals surface area contributed by atoms with Crippen molar-refractivity contribution in [3.63, 3.8) is 0 Å². The Morgan fingerprint density at radius 2 is 0.368 bits per heavy atom. The van der Waals surface area contributed by atoms with E-state index in [0.29, 0.717) is 6.42 Å². The maximum absolute atomic E-state index is 13.2. The van der Waals surface area contributed by atoms with E-state index in [4.69, 9.17) is 18.4 Å². The molecule has 0 aliphatic heterocycles. The first kappa shape index (κ1) is 75.8. The summed E-state index contributed by atoms with van der Waals surface area (Å²) in [5, 5.41) is 10.8. The highest BCUT2D eigenvalue weighted by atomic mass is 32.1. The van der Waals surface area contributed by atoms with Crippen LogP contribution in [-0.4, -0.2) is 21.4 Å². The van der Waals surface area contributed by atoms with E-state index < -0.39 is 16.3 Å². The van der Waals surface area contributed by atoms with Crippen molar-refractivity contribution in [2.45, 2.75) is 455 Å². The van der Waals surface area contributed by atoms with Crippen molar-refractivity contribution in [1.29, 1.82) is 0 Å². The molecule has 0 radical (unpaired) electrons. The molecular weight excluding hydrogens is 943 g/mol. The molecule has 0 amide bonds. The van der Waals surface area contributed by atoms with Gasteiger partial charge in [0.15, 0.2) is 0 Å². The average molecular weight is 1090 g/mol. The molecule has 0 fully saturated rings.